The summed E-state index contributed by atoms with van der Waals surface area (Å²) in [4.78, 5) is 51.6. The average molecular weight is 654 g/mol. The predicted octanol–water partition coefficient (Wildman–Crippen LogP) is 3.37. The molecule has 1 fully saturated rings. The number of halogens is 3. The van der Waals surface area contributed by atoms with Gasteiger partial charge in [-0.25, -0.2) is 18.7 Å². The number of ether oxygens (including phenoxy) is 1. The van der Waals surface area contributed by atoms with Crippen LogP contribution in [0.4, 0.5) is 19.3 Å². The van der Waals surface area contributed by atoms with Crippen LogP contribution >= 0.6 is 11.6 Å². The van der Waals surface area contributed by atoms with Gasteiger partial charge in [-0.05, 0) is 58.5 Å². The van der Waals surface area contributed by atoms with Crippen molar-refractivity contribution in [2.75, 3.05) is 25.5 Å². The molecule has 46 heavy (non-hydrogen) atoms. The molecule has 3 N–H and O–H groups in total. The molecule has 1 unspecified atom stereocenters. The minimum Gasteiger partial charge on any atom is -0.453 e. The number of nitrogens with one attached hydrogen (secondary N) is 3. The number of amides is 3. The summed E-state index contributed by atoms with van der Waals surface area (Å²) in [6.07, 6.45) is 2.47. The van der Waals surface area contributed by atoms with Gasteiger partial charge in [0.1, 0.15) is 6.33 Å². The number of methoxy groups -OCH3 is 1. The molecule has 0 saturated carbocycles. The van der Waals surface area contributed by atoms with E-state index in [9.17, 15) is 28.0 Å². The van der Waals surface area contributed by atoms with E-state index in [1.165, 1.54) is 36.3 Å². The van der Waals surface area contributed by atoms with Crippen molar-refractivity contribution in [3.05, 3.63) is 87.6 Å². The Bertz CT molecular complexity index is 1830. The molecule has 3 heterocycles. The van der Waals surface area contributed by atoms with Crippen LogP contribution in [-0.2, 0) is 14.3 Å². The summed E-state index contributed by atoms with van der Waals surface area (Å²) in [6, 6.07) is 11.4. The van der Waals surface area contributed by atoms with E-state index in [1.54, 1.807) is 42.5 Å². The Kier molecular flexibility index (Phi) is 9.46. The molecule has 0 spiro atoms. The molecular weight excluding hydrogens is 628 g/mol. The number of likely N-dealkylation sites (tertiary alicyclic amines) is 1. The van der Waals surface area contributed by atoms with Gasteiger partial charge in [-0.3, -0.25) is 19.7 Å². The topological polar surface area (TPSA) is 177 Å². The van der Waals surface area contributed by atoms with E-state index in [1.807, 2.05) is 0 Å². The highest BCUT2D eigenvalue weighted by Crippen LogP contribution is 2.29. The summed E-state index contributed by atoms with van der Waals surface area (Å²) in [5, 5.41) is 23.1. The molecule has 17 heteroatoms. The predicted molar refractivity (Wildman–Crippen MR) is 161 cm³/mol. The SMILES string of the molecule is COC(=O)Nc1ccc(-c2cc(C(CC(=O)N3CCC(F)(F)C3)NC(=O)/C=C/c3cc(Cl)ccc3-n3cnnn3)n[nH]c2=O)cc1. The maximum Gasteiger partial charge on any atom is 0.411 e. The Hall–Kier alpha value is -5.51. The van der Waals surface area contributed by atoms with Crippen LogP contribution in [0.15, 0.2) is 65.7 Å². The number of carbonyl (C=O) groups is 3. The van der Waals surface area contributed by atoms with E-state index >= 15 is 0 Å². The first-order valence-electron chi connectivity index (χ1n) is 13.7. The van der Waals surface area contributed by atoms with Gasteiger partial charge in [0.05, 0.1) is 43.1 Å². The summed E-state index contributed by atoms with van der Waals surface area (Å²) < 4.78 is 33.7. The van der Waals surface area contributed by atoms with Crippen LogP contribution in [0.3, 0.4) is 0 Å². The van der Waals surface area contributed by atoms with Crippen LogP contribution in [0.1, 0.15) is 30.1 Å². The number of benzene rings is 2. The standard InChI is InChI=1S/C29H26ClF2N9O5/c1-46-28(45)34-20-6-2-17(3-7-20)21-13-23(36-37-27(21)44)22(14-26(43)40-11-10-29(31,32)15-40)35-25(42)9-4-18-12-19(30)5-8-24(18)41-16-33-38-39-41/h2-9,12-13,16,22H,10-11,14-15H2,1H3,(H,34,45)(H,35,42)(H,37,44)/b9-4+. The number of H-pyrrole nitrogens is 1. The molecule has 1 atom stereocenters. The Balaban J connectivity index is 1.42. The molecule has 1 aliphatic heterocycles. The molecule has 14 nitrogen and oxygen atoms in total. The van der Waals surface area contributed by atoms with Gasteiger partial charge in [-0.2, -0.15) is 9.78 Å². The minimum absolute atomic E-state index is 0.101. The van der Waals surface area contributed by atoms with Crippen LogP contribution < -0.4 is 16.2 Å². The van der Waals surface area contributed by atoms with Crippen LogP contribution in [0.2, 0.25) is 5.02 Å². The Labute approximate surface area is 264 Å². The summed E-state index contributed by atoms with van der Waals surface area (Å²) in [5.74, 6) is -4.29. The molecule has 4 aromatic rings. The van der Waals surface area contributed by atoms with Gasteiger partial charge in [0.25, 0.3) is 11.5 Å². The number of nitrogens with zero attached hydrogens (tertiary/aromatic N) is 6. The normalized spacial score (nSPS) is 14.7. The number of alkyl halides is 2. The smallest absolute Gasteiger partial charge is 0.411 e. The molecule has 3 amide bonds. The largest absolute Gasteiger partial charge is 0.453 e. The van der Waals surface area contributed by atoms with Crippen LogP contribution in [-0.4, -0.2) is 79.3 Å². The average Bonchev–Trinajstić information content (AvgIpc) is 3.70. The van der Waals surface area contributed by atoms with Crippen molar-refractivity contribution in [3.63, 3.8) is 0 Å². The molecule has 2 aromatic heterocycles. The van der Waals surface area contributed by atoms with E-state index < -0.39 is 54.8 Å². The monoisotopic (exact) mass is 653 g/mol. The molecular formula is C29H26ClF2N9O5. The fraction of sp³-hybridized carbons (Fsp3) is 0.241. The van der Waals surface area contributed by atoms with E-state index in [4.69, 9.17) is 11.6 Å². The molecule has 1 aliphatic rings. The van der Waals surface area contributed by atoms with Crippen LogP contribution in [0, 0.1) is 0 Å². The van der Waals surface area contributed by atoms with Gasteiger partial charge in [-0.15, -0.1) is 5.10 Å². The lowest BCUT2D eigenvalue weighted by molar-refractivity contribution is -0.132. The summed E-state index contributed by atoms with van der Waals surface area (Å²) >= 11 is 6.16. The Morgan fingerprint density at radius 3 is 2.63 bits per heavy atom. The van der Waals surface area contributed by atoms with Gasteiger partial charge in [0, 0.05) is 35.3 Å². The third-order valence-corrected chi connectivity index (χ3v) is 7.26. The van der Waals surface area contributed by atoms with Gasteiger partial charge in [-0.1, -0.05) is 23.7 Å². The number of hydrogen-bond acceptors (Lipinski definition) is 9. The number of rotatable bonds is 9. The summed E-state index contributed by atoms with van der Waals surface area (Å²) in [6.45, 7) is -0.880. The molecule has 5 rings (SSSR count). The lowest BCUT2D eigenvalue weighted by atomic mass is 10.0. The van der Waals surface area contributed by atoms with Crippen molar-refractivity contribution in [1.29, 1.82) is 0 Å². The number of tetrazole rings is 1. The first kappa shape index (κ1) is 31.9. The van der Waals surface area contributed by atoms with E-state index in [-0.39, 0.29) is 17.8 Å². The highest BCUT2D eigenvalue weighted by Gasteiger charge is 2.40. The highest BCUT2D eigenvalue weighted by atomic mass is 35.5. The van der Waals surface area contributed by atoms with Crippen LogP contribution in [0.25, 0.3) is 22.9 Å². The number of aromatic amines is 1. The second-order valence-electron chi connectivity index (χ2n) is 10.2. The maximum atomic E-state index is 13.9. The van der Waals surface area contributed by atoms with Crippen molar-refractivity contribution in [3.8, 4) is 16.8 Å². The molecule has 0 bridgehead atoms. The van der Waals surface area contributed by atoms with E-state index in [2.05, 4.69) is 41.1 Å². The quantitative estimate of drug-likeness (QED) is 0.229. The minimum atomic E-state index is -3.01. The summed E-state index contributed by atoms with van der Waals surface area (Å²) in [7, 11) is 1.22. The lowest BCUT2D eigenvalue weighted by Gasteiger charge is -2.22. The molecule has 0 radical (unpaired) electrons. The van der Waals surface area contributed by atoms with E-state index in [0.717, 1.165) is 4.90 Å². The lowest BCUT2D eigenvalue weighted by Crippen LogP contribution is -2.36. The molecule has 238 valence electrons. The fourth-order valence-electron chi connectivity index (χ4n) is 4.72. The van der Waals surface area contributed by atoms with Crippen molar-refractivity contribution in [2.24, 2.45) is 0 Å². The highest BCUT2D eigenvalue weighted by molar-refractivity contribution is 6.30. The third-order valence-electron chi connectivity index (χ3n) is 7.03. The number of hydrogen-bond donors (Lipinski definition) is 3. The number of aromatic nitrogens is 6. The van der Waals surface area contributed by atoms with Gasteiger partial charge in [0.2, 0.25) is 11.8 Å². The van der Waals surface area contributed by atoms with Crippen molar-refractivity contribution in [2.45, 2.75) is 24.8 Å². The third kappa shape index (κ3) is 7.76. The van der Waals surface area contributed by atoms with E-state index in [0.29, 0.717) is 27.5 Å². The Morgan fingerprint density at radius 1 is 1.17 bits per heavy atom. The zero-order chi connectivity index (χ0) is 32.8. The second kappa shape index (κ2) is 13.6. The second-order valence-corrected chi connectivity index (χ2v) is 10.6. The van der Waals surface area contributed by atoms with Crippen molar-refractivity contribution < 1.29 is 27.9 Å². The van der Waals surface area contributed by atoms with Crippen molar-refractivity contribution >= 4 is 41.3 Å². The first-order valence-corrected chi connectivity index (χ1v) is 14.1. The fourth-order valence-corrected chi connectivity index (χ4v) is 4.90. The zero-order valence-electron chi connectivity index (χ0n) is 24.1. The molecule has 1 saturated heterocycles. The van der Waals surface area contributed by atoms with Crippen LogP contribution in [0.5, 0.6) is 0 Å². The number of anilines is 1. The zero-order valence-corrected chi connectivity index (χ0v) is 24.9. The molecule has 2 aromatic carbocycles. The Morgan fingerprint density at radius 2 is 1.96 bits per heavy atom. The van der Waals surface area contributed by atoms with Gasteiger partial charge in [0.15, 0.2) is 0 Å². The maximum absolute atomic E-state index is 13.9. The molecule has 0 aliphatic carbocycles. The first-order chi connectivity index (χ1) is 22.0. The van der Waals surface area contributed by atoms with Crippen molar-refractivity contribution in [1.82, 2.24) is 40.6 Å². The summed E-state index contributed by atoms with van der Waals surface area (Å²) in [5.41, 5.74) is 1.56. The number of carbonyl (C=O) groups excluding carboxylic acids is 3. The van der Waals surface area contributed by atoms with Gasteiger partial charge < -0.3 is 15.0 Å². The van der Waals surface area contributed by atoms with Gasteiger partial charge >= 0.3 is 6.09 Å².